The smallest absolute Gasteiger partial charge is 0.226 e. The van der Waals surface area contributed by atoms with E-state index in [0.29, 0.717) is 24.7 Å². The van der Waals surface area contributed by atoms with Crippen LogP contribution in [-0.2, 0) is 4.79 Å². The van der Waals surface area contributed by atoms with Crippen molar-refractivity contribution in [3.8, 4) is 11.4 Å². The number of anilines is 1. The van der Waals surface area contributed by atoms with E-state index in [1.54, 1.807) is 6.20 Å². The molecule has 1 aliphatic rings. The number of benzene rings is 2. The van der Waals surface area contributed by atoms with Gasteiger partial charge in [0.1, 0.15) is 5.75 Å². The molecule has 1 amide bonds. The van der Waals surface area contributed by atoms with Crippen molar-refractivity contribution in [1.82, 2.24) is 19.8 Å². The number of nitrogens with one attached hydrogen (secondary N) is 2. The van der Waals surface area contributed by atoms with Crippen molar-refractivity contribution in [2.75, 3.05) is 18.5 Å². The van der Waals surface area contributed by atoms with Crippen molar-refractivity contribution < 1.29 is 9.53 Å². The fourth-order valence-corrected chi connectivity index (χ4v) is 5.21. The van der Waals surface area contributed by atoms with E-state index in [-0.39, 0.29) is 18.0 Å². The normalized spacial score (nSPS) is 16.8. The Hall–Kier alpha value is -4.17. The molecule has 2 aromatic carbocycles. The molecular formula is C30H31N5O2S. The van der Waals surface area contributed by atoms with E-state index in [0.717, 1.165) is 34.1 Å². The van der Waals surface area contributed by atoms with Gasteiger partial charge in [-0.1, -0.05) is 18.2 Å². The molecule has 8 heteroatoms. The molecule has 2 N–H and O–H groups in total. The second kappa shape index (κ2) is 11.5. The van der Waals surface area contributed by atoms with Crippen molar-refractivity contribution in [3.63, 3.8) is 0 Å². The van der Waals surface area contributed by atoms with E-state index in [9.17, 15) is 4.79 Å². The highest BCUT2D eigenvalue weighted by molar-refractivity contribution is 7.80. The topological polar surface area (TPSA) is 71.4 Å². The van der Waals surface area contributed by atoms with Gasteiger partial charge < -0.3 is 24.8 Å². The van der Waals surface area contributed by atoms with Crippen molar-refractivity contribution in [1.29, 1.82) is 0 Å². The molecular weight excluding hydrogens is 494 g/mol. The first-order valence-corrected chi connectivity index (χ1v) is 13.2. The molecule has 0 unspecified atom stereocenters. The van der Waals surface area contributed by atoms with E-state index in [4.69, 9.17) is 17.0 Å². The zero-order valence-electron chi connectivity index (χ0n) is 21.5. The highest BCUT2D eigenvalue weighted by Crippen LogP contribution is 2.39. The van der Waals surface area contributed by atoms with Crippen molar-refractivity contribution in [2.24, 2.45) is 0 Å². The van der Waals surface area contributed by atoms with Crippen LogP contribution in [0, 0.1) is 6.92 Å². The number of carbonyl (C=O) groups is 1. The maximum atomic E-state index is 12.9. The first kappa shape index (κ1) is 25.5. The monoisotopic (exact) mass is 525 g/mol. The first-order chi connectivity index (χ1) is 18.5. The van der Waals surface area contributed by atoms with Gasteiger partial charge in [0.05, 0.1) is 24.4 Å². The lowest BCUT2D eigenvalue weighted by Crippen LogP contribution is -2.33. The summed E-state index contributed by atoms with van der Waals surface area (Å²) in [6, 6.07) is 25.5. The van der Waals surface area contributed by atoms with Gasteiger partial charge in [-0.25, -0.2) is 0 Å². The summed E-state index contributed by atoms with van der Waals surface area (Å²) in [6.45, 7) is 5.07. The minimum absolute atomic E-state index is 0.0552. The number of ether oxygens (including phenoxy) is 1. The van der Waals surface area contributed by atoms with Crippen LogP contribution >= 0.6 is 12.2 Å². The van der Waals surface area contributed by atoms with Gasteiger partial charge in [0.2, 0.25) is 5.91 Å². The molecule has 1 saturated heterocycles. The van der Waals surface area contributed by atoms with Crippen molar-refractivity contribution in [2.45, 2.75) is 32.4 Å². The van der Waals surface area contributed by atoms with Gasteiger partial charge in [-0.2, -0.15) is 0 Å². The average molecular weight is 526 g/mol. The van der Waals surface area contributed by atoms with Crippen molar-refractivity contribution >= 4 is 28.9 Å². The summed E-state index contributed by atoms with van der Waals surface area (Å²) in [6.07, 6.45) is 4.13. The Morgan fingerprint density at radius 3 is 2.66 bits per heavy atom. The van der Waals surface area contributed by atoms with Gasteiger partial charge in [-0.05, 0) is 92.3 Å². The standard InChI is InChI=1S/C30H31N5O2S/c1-3-37-24-14-12-23(13-15-24)34-18-7-11-26(34)29-28(25-10-4-5-17-31-25)33-30(38)35(29)19-16-27(36)32-22-9-6-8-21(2)20-22/h4-15,17-18,20,28-29H,3,16,19H2,1-2H3,(H,32,36)(H,33,38)/t28-,29+/m1/s1. The Balaban J connectivity index is 1.43. The Kier molecular flexibility index (Phi) is 7.70. The molecule has 4 aromatic rings. The lowest BCUT2D eigenvalue weighted by atomic mass is 10.0. The van der Waals surface area contributed by atoms with Crippen LogP contribution < -0.4 is 15.4 Å². The van der Waals surface area contributed by atoms with Crippen LogP contribution in [0.1, 0.15) is 42.4 Å². The summed E-state index contributed by atoms with van der Waals surface area (Å²) >= 11 is 5.80. The summed E-state index contributed by atoms with van der Waals surface area (Å²) in [5, 5.41) is 7.09. The Bertz CT molecular complexity index is 1400. The minimum Gasteiger partial charge on any atom is -0.494 e. The third kappa shape index (κ3) is 5.55. The summed E-state index contributed by atoms with van der Waals surface area (Å²) in [4.78, 5) is 19.6. The molecule has 38 heavy (non-hydrogen) atoms. The number of hydrogen-bond donors (Lipinski definition) is 2. The molecule has 0 saturated carbocycles. The molecule has 2 atom stereocenters. The van der Waals surface area contributed by atoms with Crippen LogP contribution in [0.15, 0.2) is 91.3 Å². The third-order valence-corrected chi connectivity index (χ3v) is 6.94. The molecule has 0 radical (unpaired) electrons. The summed E-state index contributed by atoms with van der Waals surface area (Å²) in [5.41, 5.74) is 4.86. The largest absolute Gasteiger partial charge is 0.494 e. The molecule has 1 aliphatic heterocycles. The number of pyridine rings is 1. The van der Waals surface area contributed by atoms with Gasteiger partial charge in [0.15, 0.2) is 5.11 Å². The molecule has 5 rings (SSSR count). The van der Waals surface area contributed by atoms with Gasteiger partial charge in [-0.15, -0.1) is 0 Å². The number of carbonyl (C=O) groups excluding carboxylic acids is 1. The average Bonchev–Trinajstić information content (AvgIpc) is 3.53. The summed E-state index contributed by atoms with van der Waals surface area (Å²) in [7, 11) is 0. The Labute approximate surface area is 228 Å². The number of aryl methyl sites for hydroxylation is 1. The number of nitrogens with zero attached hydrogens (tertiary/aromatic N) is 3. The van der Waals surface area contributed by atoms with E-state index in [1.165, 1.54) is 0 Å². The zero-order chi connectivity index (χ0) is 26.5. The second-order valence-electron chi connectivity index (χ2n) is 9.22. The SMILES string of the molecule is CCOc1ccc(-n2cccc2[C@H]2[C@@H](c3ccccn3)NC(=S)N2CCC(=O)Nc2cccc(C)c2)cc1. The number of hydrogen-bond acceptors (Lipinski definition) is 4. The van der Waals surface area contributed by atoms with Gasteiger partial charge >= 0.3 is 0 Å². The summed E-state index contributed by atoms with van der Waals surface area (Å²) < 4.78 is 7.79. The van der Waals surface area contributed by atoms with Gasteiger partial charge in [-0.3, -0.25) is 9.78 Å². The van der Waals surface area contributed by atoms with E-state index in [2.05, 4.69) is 31.2 Å². The molecule has 3 heterocycles. The van der Waals surface area contributed by atoms with Crippen LogP contribution in [-0.4, -0.2) is 38.6 Å². The van der Waals surface area contributed by atoms with Crippen LogP contribution in [0.4, 0.5) is 5.69 Å². The lowest BCUT2D eigenvalue weighted by molar-refractivity contribution is -0.116. The predicted molar refractivity (Wildman–Crippen MR) is 154 cm³/mol. The Morgan fingerprint density at radius 1 is 1.08 bits per heavy atom. The number of rotatable bonds is 9. The van der Waals surface area contributed by atoms with Crippen LogP contribution in [0.5, 0.6) is 5.75 Å². The Morgan fingerprint density at radius 2 is 1.92 bits per heavy atom. The van der Waals surface area contributed by atoms with E-state index in [1.807, 2.05) is 92.8 Å². The third-order valence-electron chi connectivity index (χ3n) is 6.59. The molecule has 0 spiro atoms. The fourth-order valence-electron chi connectivity index (χ4n) is 4.88. The van der Waals surface area contributed by atoms with Gasteiger partial charge in [0, 0.05) is 42.4 Å². The molecule has 1 fully saturated rings. The summed E-state index contributed by atoms with van der Waals surface area (Å²) in [5.74, 6) is 0.779. The highest BCUT2D eigenvalue weighted by Gasteiger charge is 2.41. The molecule has 0 bridgehead atoms. The van der Waals surface area contributed by atoms with Crippen LogP contribution in [0.3, 0.4) is 0 Å². The maximum Gasteiger partial charge on any atom is 0.226 e. The van der Waals surface area contributed by atoms with Crippen LogP contribution in [0.2, 0.25) is 0 Å². The molecule has 2 aromatic heterocycles. The predicted octanol–water partition coefficient (Wildman–Crippen LogP) is 5.58. The van der Waals surface area contributed by atoms with Crippen molar-refractivity contribution in [3.05, 3.63) is 108 Å². The van der Waals surface area contributed by atoms with Crippen LogP contribution in [0.25, 0.3) is 5.69 Å². The highest BCUT2D eigenvalue weighted by atomic mass is 32.1. The fraction of sp³-hybridized carbons (Fsp3) is 0.233. The second-order valence-corrected chi connectivity index (χ2v) is 9.60. The maximum absolute atomic E-state index is 12.9. The number of amides is 1. The molecule has 194 valence electrons. The quantitative estimate of drug-likeness (QED) is 0.278. The molecule has 0 aliphatic carbocycles. The first-order valence-electron chi connectivity index (χ1n) is 12.8. The number of aromatic nitrogens is 2. The molecule has 7 nitrogen and oxygen atoms in total. The van der Waals surface area contributed by atoms with Gasteiger partial charge in [0.25, 0.3) is 0 Å². The van der Waals surface area contributed by atoms with E-state index >= 15 is 0 Å². The lowest BCUT2D eigenvalue weighted by Gasteiger charge is -2.29. The number of thiocarbonyl (C=S) groups is 1. The minimum atomic E-state index is -0.167. The zero-order valence-corrected chi connectivity index (χ0v) is 22.3. The van der Waals surface area contributed by atoms with E-state index < -0.39 is 0 Å².